The third kappa shape index (κ3) is 7.05. The van der Waals surface area contributed by atoms with Crippen LogP contribution in [0.15, 0.2) is 47.6 Å². The second-order valence-corrected chi connectivity index (χ2v) is 10.1. The lowest BCUT2D eigenvalue weighted by atomic mass is 10.1. The van der Waals surface area contributed by atoms with E-state index in [2.05, 4.69) is 30.3 Å². The first-order valence-corrected chi connectivity index (χ1v) is 14.2. The number of aryl methyl sites for hydroxylation is 1. The number of ether oxygens (including phenoxy) is 2. The average molecular weight is 544 g/mol. The average Bonchev–Trinajstić information content (AvgIpc) is 2.99. The van der Waals surface area contributed by atoms with Gasteiger partial charge in [-0.2, -0.15) is 20.1 Å². The van der Waals surface area contributed by atoms with Gasteiger partial charge in [0.1, 0.15) is 0 Å². The summed E-state index contributed by atoms with van der Waals surface area (Å²) < 4.78 is 11.4. The lowest BCUT2D eigenvalue weighted by molar-refractivity contribution is 0.0728. The van der Waals surface area contributed by atoms with Crippen LogP contribution in [0.1, 0.15) is 66.9 Å². The third-order valence-electron chi connectivity index (χ3n) is 7.03. The highest BCUT2D eigenvalue weighted by Crippen LogP contribution is 2.29. The number of anilines is 3. The number of rotatable bonds is 9. The van der Waals surface area contributed by atoms with Gasteiger partial charge in [0.2, 0.25) is 17.8 Å². The second-order valence-electron chi connectivity index (χ2n) is 10.1. The van der Waals surface area contributed by atoms with E-state index in [4.69, 9.17) is 14.5 Å². The molecule has 10 nitrogen and oxygen atoms in total. The van der Waals surface area contributed by atoms with Gasteiger partial charge in [0.15, 0.2) is 11.5 Å². The van der Waals surface area contributed by atoms with Gasteiger partial charge < -0.3 is 19.3 Å². The smallest absolute Gasteiger partial charge is 0.343 e. The normalized spacial score (nSPS) is 15.8. The summed E-state index contributed by atoms with van der Waals surface area (Å²) in [5, 5.41) is 4.40. The summed E-state index contributed by atoms with van der Waals surface area (Å²) in [6, 6.07) is 12.6. The third-order valence-corrected chi connectivity index (χ3v) is 7.03. The number of nitrogens with one attached hydrogen (secondary N) is 1. The first-order chi connectivity index (χ1) is 19.6. The predicted octanol–water partition coefficient (Wildman–Crippen LogP) is 5.22. The summed E-state index contributed by atoms with van der Waals surface area (Å²) in [5.41, 5.74) is 5.33. The number of hydrogen-bond donors (Lipinski definition) is 1. The molecule has 0 atom stereocenters. The Labute approximate surface area is 235 Å². The molecule has 1 N–H and O–H groups in total. The van der Waals surface area contributed by atoms with Crippen molar-refractivity contribution in [2.24, 2.45) is 5.10 Å². The van der Waals surface area contributed by atoms with E-state index in [1.807, 2.05) is 32.0 Å². The van der Waals surface area contributed by atoms with Gasteiger partial charge in [0.05, 0.1) is 18.4 Å². The maximum absolute atomic E-state index is 12.6. The Balaban J connectivity index is 1.31. The molecule has 10 heteroatoms. The Morgan fingerprint density at radius 2 is 1.50 bits per heavy atom. The summed E-state index contributed by atoms with van der Waals surface area (Å²) in [4.78, 5) is 31.3. The van der Waals surface area contributed by atoms with Crippen LogP contribution in [0.4, 0.5) is 17.8 Å². The first kappa shape index (κ1) is 27.4. The van der Waals surface area contributed by atoms with Crippen molar-refractivity contribution in [1.82, 2.24) is 15.0 Å². The SMILES string of the molecule is CCOc1cc(C=NNc2nc(N3CCCCC3)nc(N3CCCCC3)n2)ccc1OC(=O)c1ccc(C)cc1. The molecule has 2 aliphatic rings. The van der Waals surface area contributed by atoms with Gasteiger partial charge in [-0.05, 0) is 88.3 Å². The van der Waals surface area contributed by atoms with Crippen molar-refractivity contribution in [2.75, 3.05) is 48.0 Å². The summed E-state index contributed by atoms with van der Waals surface area (Å²) in [5.74, 6) is 2.20. The number of esters is 1. The van der Waals surface area contributed by atoms with Crippen LogP contribution < -0.4 is 24.7 Å². The fourth-order valence-electron chi connectivity index (χ4n) is 4.85. The number of aromatic nitrogens is 3. The number of benzene rings is 2. The zero-order chi connectivity index (χ0) is 27.7. The summed E-state index contributed by atoms with van der Waals surface area (Å²) in [6.07, 6.45) is 8.72. The van der Waals surface area contributed by atoms with E-state index in [9.17, 15) is 4.79 Å². The maximum atomic E-state index is 12.6. The molecular formula is C30H37N7O3. The van der Waals surface area contributed by atoms with Crippen LogP contribution >= 0.6 is 0 Å². The van der Waals surface area contributed by atoms with Gasteiger partial charge >= 0.3 is 5.97 Å². The number of piperidine rings is 2. The van der Waals surface area contributed by atoms with Crippen molar-refractivity contribution in [3.05, 3.63) is 59.2 Å². The zero-order valence-corrected chi connectivity index (χ0v) is 23.3. The molecule has 2 aliphatic heterocycles. The highest BCUT2D eigenvalue weighted by atomic mass is 16.6. The van der Waals surface area contributed by atoms with E-state index in [0.717, 1.165) is 63.0 Å². The molecule has 0 saturated carbocycles. The highest BCUT2D eigenvalue weighted by Gasteiger charge is 2.20. The Morgan fingerprint density at radius 1 is 0.875 bits per heavy atom. The van der Waals surface area contributed by atoms with E-state index < -0.39 is 5.97 Å². The van der Waals surface area contributed by atoms with Gasteiger partial charge in [-0.3, -0.25) is 0 Å². The largest absolute Gasteiger partial charge is 0.490 e. The van der Waals surface area contributed by atoms with Gasteiger partial charge in [-0.1, -0.05) is 17.7 Å². The van der Waals surface area contributed by atoms with Gasteiger partial charge in [0, 0.05) is 26.2 Å². The number of carbonyl (C=O) groups excluding carboxylic acids is 1. The molecule has 0 radical (unpaired) electrons. The van der Waals surface area contributed by atoms with Crippen LogP contribution in [0.2, 0.25) is 0 Å². The Bertz CT molecular complexity index is 1280. The highest BCUT2D eigenvalue weighted by molar-refractivity contribution is 5.91. The molecule has 0 bridgehead atoms. The zero-order valence-electron chi connectivity index (χ0n) is 23.3. The Hall–Kier alpha value is -4.21. The number of hydrazone groups is 1. The van der Waals surface area contributed by atoms with Gasteiger partial charge in [-0.15, -0.1) is 0 Å². The van der Waals surface area contributed by atoms with E-state index >= 15 is 0 Å². The van der Waals surface area contributed by atoms with Gasteiger partial charge in [0.25, 0.3) is 0 Å². The fourth-order valence-corrected chi connectivity index (χ4v) is 4.85. The van der Waals surface area contributed by atoms with Crippen molar-refractivity contribution in [3.8, 4) is 11.5 Å². The van der Waals surface area contributed by atoms with Crippen LogP contribution in [0.5, 0.6) is 11.5 Å². The summed E-state index contributed by atoms with van der Waals surface area (Å²) in [6.45, 7) is 8.09. The molecule has 210 valence electrons. The van der Waals surface area contributed by atoms with Crippen LogP contribution in [-0.4, -0.2) is 59.9 Å². The van der Waals surface area contributed by atoms with E-state index in [1.54, 1.807) is 30.5 Å². The lowest BCUT2D eigenvalue weighted by Gasteiger charge is -2.30. The minimum Gasteiger partial charge on any atom is -0.490 e. The number of carbonyl (C=O) groups is 1. The van der Waals surface area contributed by atoms with Gasteiger partial charge in [-0.25, -0.2) is 10.2 Å². The molecular weight excluding hydrogens is 506 g/mol. The standard InChI is InChI=1S/C30H37N7O3/c1-3-39-26-20-23(12-15-25(26)40-27(38)24-13-10-22(2)11-14-24)21-31-35-28-32-29(36-16-6-4-7-17-36)34-30(33-28)37-18-8-5-9-19-37/h10-15,20-21H,3-9,16-19H2,1-2H3,(H,32,33,34,35). The second kappa shape index (κ2) is 13.2. The first-order valence-electron chi connectivity index (χ1n) is 14.2. The molecule has 2 fully saturated rings. The Kier molecular flexibility index (Phi) is 9.05. The van der Waals surface area contributed by atoms with E-state index in [1.165, 1.54) is 12.8 Å². The number of hydrogen-bond acceptors (Lipinski definition) is 10. The lowest BCUT2D eigenvalue weighted by Crippen LogP contribution is -2.34. The molecule has 0 aliphatic carbocycles. The molecule has 3 heterocycles. The van der Waals surface area contributed by atoms with Crippen LogP contribution in [0, 0.1) is 6.92 Å². The van der Waals surface area contributed by atoms with Crippen molar-refractivity contribution < 1.29 is 14.3 Å². The van der Waals surface area contributed by atoms with Crippen LogP contribution in [-0.2, 0) is 0 Å². The monoisotopic (exact) mass is 543 g/mol. The van der Waals surface area contributed by atoms with Crippen molar-refractivity contribution in [3.63, 3.8) is 0 Å². The minimum absolute atomic E-state index is 0.354. The van der Waals surface area contributed by atoms with Crippen molar-refractivity contribution in [2.45, 2.75) is 52.4 Å². The predicted molar refractivity (Wildman–Crippen MR) is 157 cm³/mol. The maximum Gasteiger partial charge on any atom is 0.343 e. The topological polar surface area (TPSA) is 105 Å². The number of nitrogens with zero attached hydrogens (tertiary/aromatic N) is 6. The molecule has 40 heavy (non-hydrogen) atoms. The molecule has 0 amide bonds. The fraction of sp³-hybridized carbons (Fsp3) is 0.433. The molecule has 2 aromatic carbocycles. The molecule has 5 rings (SSSR count). The molecule has 0 unspecified atom stereocenters. The molecule has 0 spiro atoms. The summed E-state index contributed by atoms with van der Waals surface area (Å²) >= 11 is 0. The van der Waals surface area contributed by atoms with Crippen LogP contribution in [0.3, 0.4) is 0 Å². The molecule has 3 aromatic rings. The minimum atomic E-state index is -0.437. The molecule has 2 saturated heterocycles. The van der Waals surface area contributed by atoms with Crippen LogP contribution in [0.25, 0.3) is 0 Å². The van der Waals surface area contributed by atoms with E-state index in [-0.39, 0.29) is 0 Å². The quantitative estimate of drug-likeness (QED) is 0.168. The van der Waals surface area contributed by atoms with Crippen molar-refractivity contribution >= 4 is 30.0 Å². The summed E-state index contributed by atoms with van der Waals surface area (Å²) in [7, 11) is 0. The molecule has 1 aromatic heterocycles. The van der Waals surface area contributed by atoms with Crippen molar-refractivity contribution in [1.29, 1.82) is 0 Å². The Morgan fingerprint density at radius 3 is 2.10 bits per heavy atom. The van der Waals surface area contributed by atoms with E-state index in [0.29, 0.717) is 41.5 Å².